The Balaban J connectivity index is 1.39. The molecule has 0 aromatic heterocycles. The molecule has 4 bridgehead atoms. The number of allylic oxidation sites excluding steroid dienone is 3. The monoisotopic (exact) mass is 509 g/mol. The van der Waals surface area contributed by atoms with E-state index in [1.807, 2.05) is 13.8 Å². The SMILES string of the molecule is CC1=CC(=O)[C@@H]2[C@@H](C1)C13C=C4N5C[C@H]6C[C@H](C)C[C@]5(CC[C@@]4(C)[C@]4(COC(=O)C4)[C@H]1[C@@](O)(OC3)[C@@H]2C)O6. The van der Waals surface area contributed by atoms with E-state index in [0.29, 0.717) is 19.1 Å². The third-order valence-electron chi connectivity index (χ3n) is 12.6. The molecule has 11 atom stereocenters. The normalized spacial score (nSPS) is 57.3. The quantitative estimate of drug-likeness (QED) is 0.500. The van der Waals surface area contributed by atoms with Crippen LogP contribution in [0.15, 0.2) is 23.4 Å². The number of fused-ring (bicyclic) bond motifs is 5. The number of esters is 1. The molecule has 7 heteroatoms. The summed E-state index contributed by atoms with van der Waals surface area (Å²) in [5.41, 5.74) is 0.558. The maximum Gasteiger partial charge on any atom is 0.306 e. The van der Waals surface area contributed by atoms with Gasteiger partial charge in [-0.05, 0) is 56.9 Å². The molecular weight excluding hydrogens is 470 g/mol. The van der Waals surface area contributed by atoms with Crippen LogP contribution in [0.25, 0.3) is 0 Å². The van der Waals surface area contributed by atoms with E-state index in [1.165, 1.54) is 5.70 Å². The van der Waals surface area contributed by atoms with Crippen molar-refractivity contribution in [1.29, 1.82) is 0 Å². The average molecular weight is 510 g/mol. The summed E-state index contributed by atoms with van der Waals surface area (Å²) in [6, 6.07) is 0. The molecule has 0 aromatic rings. The highest BCUT2D eigenvalue weighted by atomic mass is 16.6. The number of hydrogen-bond acceptors (Lipinski definition) is 7. The van der Waals surface area contributed by atoms with E-state index in [1.54, 1.807) is 6.08 Å². The lowest BCUT2D eigenvalue weighted by molar-refractivity contribution is -0.293. The highest BCUT2D eigenvalue weighted by molar-refractivity contribution is 5.94. The van der Waals surface area contributed by atoms with Crippen LogP contribution in [0.2, 0.25) is 0 Å². The summed E-state index contributed by atoms with van der Waals surface area (Å²) in [7, 11) is 0. The number of piperidine rings is 1. The van der Waals surface area contributed by atoms with Crippen LogP contribution in [0.4, 0.5) is 0 Å². The van der Waals surface area contributed by atoms with Gasteiger partial charge in [0.25, 0.3) is 0 Å². The molecule has 0 radical (unpaired) electrons. The van der Waals surface area contributed by atoms with Gasteiger partial charge in [0.05, 0.1) is 25.7 Å². The fourth-order valence-corrected chi connectivity index (χ4v) is 11.1. The lowest BCUT2D eigenvalue weighted by Gasteiger charge is -2.68. The molecule has 8 aliphatic rings. The van der Waals surface area contributed by atoms with Crippen molar-refractivity contribution < 1.29 is 28.9 Å². The van der Waals surface area contributed by atoms with Gasteiger partial charge in [0.1, 0.15) is 5.72 Å². The molecular formula is C30H39NO6. The van der Waals surface area contributed by atoms with E-state index in [-0.39, 0.29) is 59.1 Å². The summed E-state index contributed by atoms with van der Waals surface area (Å²) in [6.07, 6.45) is 9.42. The first kappa shape index (κ1) is 23.2. The number of hydrogen-bond donors (Lipinski definition) is 1. The Bertz CT molecular complexity index is 1190. The minimum absolute atomic E-state index is 0.0251. The number of carbonyl (C=O) groups excluding carboxylic acids is 2. The number of aliphatic hydroxyl groups is 1. The van der Waals surface area contributed by atoms with Crippen LogP contribution in [-0.2, 0) is 23.8 Å². The maximum absolute atomic E-state index is 13.5. The summed E-state index contributed by atoms with van der Waals surface area (Å²) >= 11 is 0. The fraction of sp³-hybridized carbons (Fsp3) is 0.800. The second kappa shape index (κ2) is 6.71. The van der Waals surface area contributed by atoms with Crippen molar-refractivity contribution in [3.05, 3.63) is 23.4 Å². The van der Waals surface area contributed by atoms with Gasteiger partial charge in [-0.1, -0.05) is 32.4 Å². The van der Waals surface area contributed by atoms with Crippen molar-refractivity contribution in [2.24, 2.45) is 45.8 Å². The van der Waals surface area contributed by atoms with Gasteiger partial charge in [0, 0.05) is 46.2 Å². The Morgan fingerprint density at radius 1 is 1.16 bits per heavy atom. The highest BCUT2D eigenvalue weighted by Gasteiger charge is 2.81. The van der Waals surface area contributed by atoms with Crippen molar-refractivity contribution in [3.8, 4) is 0 Å². The molecule has 5 saturated heterocycles. The maximum atomic E-state index is 13.5. The first-order valence-electron chi connectivity index (χ1n) is 14.4. The van der Waals surface area contributed by atoms with Gasteiger partial charge < -0.3 is 24.2 Å². The minimum Gasteiger partial charge on any atom is -0.465 e. The molecule has 8 rings (SSSR count). The van der Waals surface area contributed by atoms with Crippen LogP contribution >= 0.6 is 0 Å². The molecule has 6 fully saturated rings. The summed E-state index contributed by atoms with van der Waals surface area (Å²) in [5.74, 6) is -1.88. The Hall–Kier alpha value is -1.70. The number of nitrogens with zero attached hydrogens (tertiary/aromatic N) is 1. The van der Waals surface area contributed by atoms with Crippen molar-refractivity contribution in [2.75, 3.05) is 19.8 Å². The first-order valence-corrected chi connectivity index (χ1v) is 14.4. The van der Waals surface area contributed by atoms with Gasteiger partial charge in [-0.3, -0.25) is 9.59 Å². The third kappa shape index (κ3) is 2.43. The van der Waals surface area contributed by atoms with Crippen molar-refractivity contribution in [1.82, 2.24) is 4.90 Å². The second-order valence-electron chi connectivity index (χ2n) is 14.3. The third-order valence-corrected chi connectivity index (χ3v) is 12.6. The Morgan fingerprint density at radius 2 is 1.97 bits per heavy atom. The van der Waals surface area contributed by atoms with E-state index in [2.05, 4.69) is 24.8 Å². The van der Waals surface area contributed by atoms with E-state index < -0.39 is 16.6 Å². The summed E-state index contributed by atoms with van der Waals surface area (Å²) in [5, 5.41) is 12.5. The molecule has 37 heavy (non-hydrogen) atoms. The van der Waals surface area contributed by atoms with Crippen molar-refractivity contribution >= 4 is 11.8 Å². The molecule has 0 amide bonds. The summed E-state index contributed by atoms with van der Waals surface area (Å²) < 4.78 is 19.1. The molecule has 200 valence electrons. The number of ether oxygens (including phenoxy) is 3. The van der Waals surface area contributed by atoms with Crippen LogP contribution < -0.4 is 0 Å². The number of cyclic esters (lactones) is 1. The van der Waals surface area contributed by atoms with E-state index >= 15 is 0 Å². The highest BCUT2D eigenvalue weighted by Crippen LogP contribution is 2.78. The van der Waals surface area contributed by atoms with E-state index in [4.69, 9.17) is 14.2 Å². The predicted molar refractivity (Wildman–Crippen MR) is 132 cm³/mol. The molecule has 1 saturated carbocycles. The van der Waals surface area contributed by atoms with Crippen LogP contribution in [-0.4, -0.2) is 59.1 Å². The predicted octanol–water partition coefficient (Wildman–Crippen LogP) is 3.57. The minimum atomic E-state index is -1.48. The lowest BCUT2D eigenvalue weighted by atomic mass is 9.37. The van der Waals surface area contributed by atoms with Gasteiger partial charge in [0.15, 0.2) is 11.6 Å². The van der Waals surface area contributed by atoms with Gasteiger partial charge >= 0.3 is 5.97 Å². The molecule has 0 aromatic carbocycles. The Labute approximate surface area is 218 Å². The molecule has 7 nitrogen and oxygen atoms in total. The first-order chi connectivity index (χ1) is 17.5. The largest absolute Gasteiger partial charge is 0.465 e. The number of ketones is 1. The van der Waals surface area contributed by atoms with Gasteiger partial charge in [-0.15, -0.1) is 0 Å². The van der Waals surface area contributed by atoms with E-state index in [9.17, 15) is 14.7 Å². The summed E-state index contributed by atoms with van der Waals surface area (Å²) in [6.45, 7) is 10.2. The fourth-order valence-electron chi connectivity index (χ4n) is 11.1. The van der Waals surface area contributed by atoms with Gasteiger partial charge in [-0.25, -0.2) is 0 Å². The Kier molecular flexibility index (Phi) is 4.21. The Morgan fingerprint density at radius 3 is 2.73 bits per heavy atom. The second-order valence-corrected chi connectivity index (χ2v) is 14.3. The molecule has 3 aliphatic carbocycles. The topological polar surface area (TPSA) is 85.3 Å². The zero-order valence-corrected chi connectivity index (χ0v) is 22.4. The van der Waals surface area contributed by atoms with Gasteiger partial charge in [-0.2, -0.15) is 0 Å². The average Bonchev–Trinajstić information content (AvgIpc) is 3.43. The summed E-state index contributed by atoms with van der Waals surface area (Å²) in [4.78, 5) is 29.0. The molecule has 5 aliphatic heterocycles. The van der Waals surface area contributed by atoms with Gasteiger partial charge in [0.2, 0.25) is 0 Å². The van der Waals surface area contributed by atoms with Crippen LogP contribution in [0, 0.1) is 45.8 Å². The molecule has 2 spiro atoms. The number of rotatable bonds is 0. The lowest BCUT2D eigenvalue weighted by Crippen LogP contribution is -2.71. The number of carbonyl (C=O) groups is 2. The molecule has 5 heterocycles. The van der Waals surface area contributed by atoms with Crippen LogP contribution in [0.5, 0.6) is 0 Å². The molecule has 1 unspecified atom stereocenters. The zero-order chi connectivity index (χ0) is 25.8. The van der Waals surface area contributed by atoms with Crippen LogP contribution in [0.1, 0.15) is 66.2 Å². The van der Waals surface area contributed by atoms with E-state index in [0.717, 1.165) is 44.2 Å². The zero-order valence-electron chi connectivity index (χ0n) is 22.4. The molecule has 1 N–H and O–H groups in total. The standard InChI is InChI=1S/C30H39NO6/c1-16-8-20-24(21(32)9-16)18(3)30(34)25-27(20,14-36-30)11-22-26(4,28(25)12-23(33)35-15-28)5-6-29-10-17(2)7-19(37-29)13-31(22)29/h9,11,17-20,24-25,34H,5-8,10,12-15H2,1-4H3/t17-,18+,19+,20+,24-,25-,26+,27?,28+,29-,30-/m0/s1. The van der Waals surface area contributed by atoms with Crippen molar-refractivity contribution in [3.63, 3.8) is 0 Å². The van der Waals surface area contributed by atoms with Crippen molar-refractivity contribution in [2.45, 2.75) is 83.8 Å². The smallest absolute Gasteiger partial charge is 0.306 e. The van der Waals surface area contributed by atoms with Crippen LogP contribution in [0.3, 0.4) is 0 Å².